The number of aliphatic hydroxyl groups excluding tert-OH is 3. The highest BCUT2D eigenvalue weighted by Crippen LogP contribution is 2.43. The van der Waals surface area contributed by atoms with E-state index in [-0.39, 0.29) is 19.8 Å². The van der Waals surface area contributed by atoms with Crippen molar-refractivity contribution in [2.24, 2.45) is 0 Å². The van der Waals surface area contributed by atoms with Gasteiger partial charge in [0.05, 0.1) is 33.0 Å². The van der Waals surface area contributed by atoms with Crippen molar-refractivity contribution in [3.8, 4) is 0 Å². The third kappa shape index (κ3) is 43.9. The van der Waals surface area contributed by atoms with Crippen LogP contribution in [-0.2, 0) is 13.6 Å². The molecular weight excluding hydrogens is 613 g/mol. The lowest BCUT2D eigenvalue weighted by Gasteiger charge is -2.17. The van der Waals surface area contributed by atoms with Crippen molar-refractivity contribution in [3.05, 3.63) is 0 Å². The molecule has 47 heavy (non-hydrogen) atoms. The van der Waals surface area contributed by atoms with Crippen molar-refractivity contribution in [3.63, 3.8) is 0 Å². The fourth-order valence-corrected chi connectivity index (χ4v) is 6.54. The van der Waals surface area contributed by atoms with Gasteiger partial charge < -0.3 is 20.2 Å². The number of nitrogens with zero attached hydrogens (tertiary/aromatic N) is 1. The highest BCUT2D eigenvalue weighted by Gasteiger charge is 2.19. The summed E-state index contributed by atoms with van der Waals surface area (Å²) in [5, 5.41) is 25.5. The molecule has 0 aliphatic rings. The van der Waals surface area contributed by atoms with E-state index in [0.717, 1.165) is 25.7 Å². The molecule has 0 aromatic heterocycles. The first kappa shape index (κ1) is 49.1. The Morgan fingerprint density at radius 1 is 0.404 bits per heavy atom. The van der Waals surface area contributed by atoms with E-state index in [9.17, 15) is 9.46 Å². The molecule has 1 unspecified atom stereocenters. The van der Waals surface area contributed by atoms with E-state index in [1.165, 1.54) is 154 Å². The molecular formula is C38H82NO7P. The summed E-state index contributed by atoms with van der Waals surface area (Å²) < 4.78 is 22.3. The van der Waals surface area contributed by atoms with Gasteiger partial charge >= 0.3 is 7.82 Å². The second kappa shape index (κ2) is 42.1. The quantitative estimate of drug-likeness (QED) is 0.0372. The zero-order valence-corrected chi connectivity index (χ0v) is 32.3. The SMILES string of the molecule is CCCCCCCCCCCCCCCCCCOP(=O)(O)OCCCCCCCCCCCCCC.OCCN(CCO)CCO. The van der Waals surface area contributed by atoms with Gasteiger partial charge in [-0.15, -0.1) is 0 Å². The lowest BCUT2D eigenvalue weighted by Crippen LogP contribution is -2.32. The van der Waals surface area contributed by atoms with E-state index >= 15 is 0 Å². The summed E-state index contributed by atoms with van der Waals surface area (Å²) in [5.74, 6) is 0. The van der Waals surface area contributed by atoms with Gasteiger partial charge in [0.25, 0.3) is 0 Å². The molecule has 0 aliphatic carbocycles. The highest BCUT2D eigenvalue weighted by molar-refractivity contribution is 7.47. The summed E-state index contributed by atoms with van der Waals surface area (Å²) >= 11 is 0. The Morgan fingerprint density at radius 3 is 0.830 bits per heavy atom. The minimum atomic E-state index is -3.86. The van der Waals surface area contributed by atoms with Gasteiger partial charge in [0, 0.05) is 19.6 Å². The summed E-state index contributed by atoms with van der Waals surface area (Å²) in [5.41, 5.74) is 0. The lowest BCUT2D eigenvalue weighted by molar-refractivity contribution is 0.136. The monoisotopic (exact) mass is 696 g/mol. The number of phosphoric ester groups is 1. The predicted molar refractivity (Wildman–Crippen MR) is 200 cm³/mol. The van der Waals surface area contributed by atoms with Gasteiger partial charge in [-0.25, -0.2) is 4.57 Å². The number of phosphoric acid groups is 1. The molecule has 0 spiro atoms. The Bertz CT molecular complexity index is 600. The van der Waals surface area contributed by atoms with E-state index in [1.807, 2.05) is 0 Å². The van der Waals surface area contributed by atoms with Crippen LogP contribution < -0.4 is 0 Å². The molecule has 0 saturated heterocycles. The van der Waals surface area contributed by atoms with E-state index in [0.29, 0.717) is 32.8 Å². The van der Waals surface area contributed by atoms with Crippen molar-refractivity contribution in [1.29, 1.82) is 0 Å². The zero-order chi connectivity index (χ0) is 34.9. The molecule has 0 aromatic carbocycles. The maximum atomic E-state index is 12.0. The molecule has 0 fully saturated rings. The van der Waals surface area contributed by atoms with Crippen LogP contribution in [0.1, 0.15) is 194 Å². The summed E-state index contributed by atoms with van der Waals surface area (Å²) in [6.45, 7) is 6.94. The number of aliphatic hydroxyl groups is 3. The highest BCUT2D eigenvalue weighted by atomic mass is 31.2. The summed E-state index contributed by atoms with van der Waals surface area (Å²) in [4.78, 5) is 11.6. The van der Waals surface area contributed by atoms with Crippen LogP contribution in [0.15, 0.2) is 0 Å². The van der Waals surface area contributed by atoms with Crippen LogP contribution in [0.4, 0.5) is 0 Å². The van der Waals surface area contributed by atoms with Gasteiger partial charge in [-0.2, -0.15) is 0 Å². The van der Waals surface area contributed by atoms with E-state index in [4.69, 9.17) is 24.4 Å². The smallest absolute Gasteiger partial charge is 0.395 e. The van der Waals surface area contributed by atoms with E-state index in [2.05, 4.69) is 13.8 Å². The number of rotatable bonds is 38. The van der Waals surface area contributed by atoms with Crippen molar-refractivity contribution < 1.29 is 33.8 Å². The third-order valence-electron chi connectivity index (χ3n) is 8.75. The van der Waals surface area contributed by atoms with Gasteiger partial charge in [0.1, 0.15) is 0 Å². The normalized spacial score (nSPS) is 12.7. The largest absolute Gasteiger partial charge is 0.472 e. The van der Waals surface area contributed by atoms with Crippen LogP contribution in [-0.4, -0.2) is 77.8 Å². The second-order valence-corrected chi connectivity index (χ2v) is 14.8. The molecule has 4 N–H and O–H groups in total. The Labute approximate surface area is 292 Å². The topological polar surface area (TPSA) is 120 Å². The van der Waals surface area contributed by atoms with Gasteiger partial charge in [0.15, 0.2) is 0 Å². The van der Waals surface area contributed by atoms with Crippen LogP contribution in [0, 0.1) is 0 Å². The molecule has 1 atom stereocenters. The van der Waals surface area contributed by atoms with Crippen LogP contribution in [0.2, 0.25) is 0 Å². The standard InChI is InChI=1S/C32H67O4P.C6H15NO3/c1-3-5-7-9-11-13-15-17-18-19-20-22-24-26-28-30-32-36-37(33,34)35-31-29-27-25-23-21-16-14-12-10-8-6-4-2;8-4-1-7(2-5-9)3-6-10/h3-32H2,1-2H3,(H,33,34);8-10H,1-6H2. The van der Waals surface area contributed by atoms with Crippen molar-refractivity contribution in [1.82, 2.24) is 4.90 Å². The van der Waals surface area contributed by atoms with Crippen LogP contribution in [0.3, 0.4) is 0 Å². The van der Waals surface area contributed by atoms with E-state index in [1.54, 1.807) is 4.90 Å². The van der Waals surface area contributed by atoms with Gasteiger partial charge in [-0.05, 0) is 12.8 Å². The maximum absolute atomic E-state index is 12.0. The molecule has 0 aromatic rings. The molecule has 0 bridgehead atoms. The maximum Gasteiger partial charge on any atom is 0.472 e. The Hall–Kier alpha value is -0.0500. The molecule has 0 heterocycles. The first-order valence-electron chi connectivity index (χ1n) is 20.1. The minimum absolute atomic E-state index is 0.0694. The lowest BCUT2D eigenvalue weighted by atomic mass is 10.0. The van der Waals surface area contributed by atoms with E-state index < -0.39 is 7.82 Å². The molecule has 9 heteroatoms. The van der Waals surface area contributed by atoms with Gasteiger partial charge in [-0.3, -0.25) is 13.9 Å². The Balaban J connectivity index is 0. The third-order valence-corrected chi connectivity index (χ3v) is 9.77. The van der Waals surface area contributed by atoms with Crippen molar-refractivity contribution in [2.75, 3.05) is 52.7 Å². The number of hydrogen-bond acceptors (Lipinski definition) is 7. The predicted octanol–water partition coefficient (Wildman–Crippen LogP) is 10.3. The molecule has 286 valence electrons. The molecule has 0 saturated carbocycles. The average Bonchev–Trinajstić information content (AvgIpc) is 3.05. The summed E-state index contributed by atoms with van der Waals surface area (Å²) in [6.07, 6.45) is 36.4. The summed E-state index contributed by atoms with van der Waals surface area (Å²) in [7, 11) is -3.86. The molecule has 0 amide bonds. The van der Waals surface area contributed by atoms with Crippen LogP contribution in [0.25, 0.3) is 0 Å². The van der Waals surface area contributed by atoms with Crippen molar-refractivity contribution in [2.45, 2.75) is 194 Å². The van der Waals surface area contributed by atoms with Crippen LogP contribution in [0.5, 0.6) is 0 Å². The average molecular weight is 696 g/mol. The number of unbranched alkanes of at least 4 members (excludes halogenated alkanes) is 26. The Kier molecular flexibility index (Phi) is 44.0. The first-order valence-corrected chi connectivity index (χ1v) is 21.6. The van der Waals surface area contributed by atoms with Gasteiger partial charge in [0.2, 0.25) is 0 Å². The Morgan fingerprint density at radius 2 is 0.617 bits per heavy atom. The first-order chi connectivity index (χ1) is 23.0. The fraction of sp³-hybridized carbons (Fsp3) is 1.00. The number of hydrogen-bond donors (Lipinski definition) is 4. The molecule has 0 radical (unpaired) electrons. The van der Waals surface area contributed by atoms with Crippen molar-refractivity contribution >= 4 is 7.82 Å². The molecule has 0 rings (SSSR count). The molecule has 8 nitrogen and oxygen atoms in total. The minimum Gasteiger partial charge on any atom is -0.395 e. The second-order valence-electron chi connectivity index (χ2n) is 13.3. The fourth-order valence-electron chi connectivity index (χ4n) is 5.75. The van der Waals surface area contributed by atoms with Gasteiger partial charge in [-0.1, -0.05) is 181 Å². The molecule has 0 aliphatic heterocycles. The van der Waals surface area contributed by atoms with Crippen LogP contribution >= 0.6 is 7.82 Å². The summed E-state index contributed by atoms with van der Waals surface area (Å²) in [6, 6.07) is 0. The zero-order valence-electron chi connectivity index (χ0n) is 31.4.